The van der Waals surface area contributed by atoms with Gasteiger partial charge >= 0.3 is 0 Å². The zero-order chi connectivity index (χ0) is 8.84. The Bertz CT molecular complexity index is 339. The summed E-state index contributed by atoms with van der Waals surface area (Å²) >= 11 is 3.54. The third-order valence-corrected chi connectivity index (χ3v) is 3.91. The fraction of sp³-hybridized carbons (Fsp3) is 0.500. The zero-order valence-corrected chi connectivity index (χ0v) is 9.18. The van der Waals surface area contributed by atoms with Gasteiger partial charge in [0, 0.05) is 4.47 Å². The number of fused-ring (bicyclic) bond motifs is 1. The lowest BCUT2D eigenvalue weighted by Crippen LogP contribution is -2.00. The second kappa shape index (κ2) is 2.84. The third-order valence-electron chi connectivity index (χ3n) is 3.42. The molecule has 0 bridgehead atoms. The highest BCUT2D eigenvalue weighted by Gasteiger charge is 2.34. The summed E-state index contributed by atoms with van der Waals surface area (Å²) in [5.74, 6) is 2.04. The average Bonchev–Trinajstić information content (AvgIpc) is 2.87. The molecule has 1 saturated carbocycles. The zero-order valence-electron chi connectivity index (χ0n) is 7.59. The van der Waals surface area contributed by atoms with Gasteiger partial charge in [-0.25, -0.2) is 0 Å². The maximum absolute atomic E-state index is 3.54. The normalized spacial score (nSPS) is 26.1. The molecule has 0 N–H and O–H groups in total. The van der Waals surface area contributed by atoms with E-state index in [-0.39, 0.29) is 0 Å². The predicted molar refractivity (Wildman–Crippen MR) is 57.8 cm³/mol. The van der Waals surface area contributed by atoms with E-state index in [0.29, 0.717) is 0 Å². The number of benzene rings is 1. The van der Waals surface area contributed by atoms with Crippen molar-refractivity contribution in [2.75, 3.05) is 0 Å². The summed E-state index contributed by atoms with van der Waals surface area (Å²) in [6, 6.07) is 6.77. The van der Waals surface area contributed by atoms with E-state index in [4.69, 9.17) is 0 Å². The fourth-order valence-electron chi connectivity index (χ4n) is 2.52. The van der Waals surface area contributed by atoms with Crippen LogP contribution in [0, 0.1) is 11.8 Å². The van der Waals surface area contributed by atoms with Crippen LogP contribution in [0.15, 0.2) is 22.7 Å². The van der Waals surface area contributed by atoms with Gasteiger partial charge in [0.2, 0.25) is 0 Å². The second-order valence-corrected chi connectivity index (χ2v) is 5.33. The summed E-state index contributed by atoms with van der Waals surface area (Å²) in [7, 11) is 0. The predicted octanol–water partition coefficient (Wildman–Crippen LogP) is 3.57. The highest BCUT2D eigenvalue weighted by molar-refractivity contribution is 9.10. The van der Waals surface area contributed by atoms with Gasteiger partial charge < -0.3 is 0 Å². The summed E-state index contributed by atoms with van der Waals surface area (Å²) in [6.45, 7) is 0. The number of rotatable bonds is 1. The molecule has 0 nitrogen and oxygen atoms in total. The molecule has 0 aromatic heterocycles. The molecule has 0 radical (unpaired) electrons. The minimum atomic E-state index is 0.976. The van der Waals surface area contributed by atoms with Crippen LogP contribution in [-0.4, -0.2) is 0 Å². The van der Waals surface area contributed by atoms with E-state index >= 15 is 0 Å². The number of hydrogen-bond donors (Lipinski definition) is 0. The SMILES string of the molecule is Brc1ccc2c(c1)CC(C1CC1)C2. The summed E-state index contributed by atoms with van der Waals surface area (Å²) in [5, 5.41) is 0. The standard InChI is InChI=1S/C12H13Br/c13-12-4-3-9-5-10(8-1-2-8)6-11(9)7-12/h3-4,7-8,10H,1-2,5-6H2. The first-order chi connectivity index (χ1) is 6.33. The van der Waals surface area contributed by atoms with Gasteiger partial charge in [-0.3, -0.25) is 0 Å². The summed E-state index contributed by atoms with van der Waals surface area (Å²) in [5.41, 5.74) is 3.19. The molecule has 68 valence electrons. The molecule has 1 aromatic rings. The molecule has 0 saturated heterocycles. The fourth-order valence-corrected chi connectivity index (χ4v) is 2.93. The molecule has 1 unspecified atom stereocenters. The van der Waals surface area contributed by atoms with E-state index in [1.54, 1.807) is 11.1 Å². The lowest BCUT2D eigenvalue weighted by Gasteiger charge is -2.03. The average molecular weight is 237 g/mol. The molecule has 2 aliphatic rings. The molecule has 0 aliphatic heterocycles. The van der Waals surface area contributed by atoms with Crippen molar-refractivity contribution in [2.24, 2.45) is 11.8 Å². The Morgan fingerprint density at radius 1 is 1.00 bits per heavy atom. The Balaban J connectivity index is 1.90. The van der Waals surface area contributed by atoms with Gasteiger partial charge in [-0.15, -0.1) is 0 Å². The molecule has 0 heterocycles. The van der Waals surface area contributed by atoms with Gasteiger partial charge in [0.25, 0.3) is 0 Å². The van der Waals surface area contributed by atoms with Gasteiger partial charge in [0.1, 0.15) is 0 Å². The van der Waals surface area contributed by atoms with Crippen LogP contribution in [0.25, 0.3) is 0 Å². The van der Waals surface area contributed by atoms with Crippen molar-refractivity contribution in [2.45, 2.75) is 25.7 Å². The first-order valence-electron chi connectivity index (χ1n) is 5.10. The Morgan fingerprint density at radius 3 is 2.54 bits per heavy atom. The van der Waals surface area contributed by atoms with Crippen LogP contribution >= 0.6 is 15.9 Å². The van der Waals surface area contributed by atoms with Crippen LogP contribution in [0.2, 0.25) is 0 Å². The van der Waals surface area contributed by atoms with Crippen LogP contribution in [0.5, 0.6) is 0 Å². The lowest BCUT2D eigenvalue weighted by atomic mass is 10.0. The van der Waals surface area contributed by atoms with Crippen LogP contribution in [0.1, 0.15) is 24.0 Å². The van der Waals surface area contributed by atoms with Crippen LogP contribution in [0.4, 0.5) is 0 Å². The molecule has 3 rings (SSSR count). The van der Waals surface area contributed by atoms with Crippen LogP contribution < -0.4 is 0 Å². The molecule has 1 fully saturated rings. The highest BCUT2D eigenvalue weighted by atomic mass is 79.9. The van der Waals surface area contributed by atoms with Gasteiger partial charge in [-0.1, -0.05) is 22.0 Å². The Kier molecular flexibility index (Phi) is 1.76. The van der Waals surface area contributed by atoms with E-state index in [9.17, 15) is 0 Å². The number of hydrogen-bond acceptors (Lipinski definition) is 0. The van der Waals surface area contributed by atoms with Crippen molar-refractivity contribution < 1.29 is 0 Å². The Labute approximate surface area is 87.5 Å². The third kappa shape index (κ3) is 1.43. The number of halogens is 1. The minimum Gasteiger partial charge on any atom is -0.0576 e. The first kappa shape index (κ1) is 8.05. The monoisotopic (exact) mass is 236 g/mol. The van der Waals surface area contributed by atoms with Gasteiger partial charge in [-0.05, 0) is 60.8 Å². The van der Waals surface area contributed by atoms with E-state index < -0.39 is 0 Å². The van der Waals surface area contributed by atoms with Gasteiger partial charge in [0.05, 0.1) is 0 Å². The molecule has 1 heteroatoms. The topological polar surface area (TPSA) is 0 Å². The molecular formula is C12H13Br. The quantitative estimate of drug-likeness (QED) is 0.700. The lowest BCUT2D eigenvalue weighted by molar-refractivity contribution is 0.490. The van der Waals surface area contributed by atoms with Crippen molar-refractivity contribution in [1.29, 1.82) is 0 Å². The van der Waals surface area contributed by atoms with Crippen molar-refractivity contribution >= 4 is 15.9 Å². The minimum absolute atomic E-state index is 0.976. The molecule has 0 amide bonds. The van der Waals surface area contributed by atoms with Crippen molar-refractivity contribution in [1.82, 2.24) is 0 Å². The van der Waals surface area contributed by atoms with E-state index in [1.807, 2.05) is 0 Å². The maximum atomic E-state index is 3.54. The van der Waals surface area contributed by atoms with E-state index in [0.717, 1.165) is 11.8 Å². The molecule has 1 atom stereocenters. The van der Waals surface area contributed by atoms with Crippen LogP contribution in [-0.2, 0) is 12.8 Å². The van der Waals surface area contributed by atoms with Crippen LogP contribution in [0.3, 0.4) is 0 Å². The van der Waals surface area contributed by atoms with E-state index in [1.165, 1.54) is 30.2 Å². The summed E-state index contributed by atoms with van der Waals surface area (Å²) < 4.78 is 1.24. The van der Waals surface area contributed by atoms with Crippen molar-refractivity contribution in [3.05, 3.63) is 33.8 Å². The van der Waals surface area contributed by atoms with Gasteiger partial charge in [0.15, 0.2) is 0 Å². The molecule has 2 aliphatic carbocycles. The van der Waals surface area contributed by atoms with Gasteiger partial charge in [-0.2, -0.15) is 0 Å². The highest BCUT2D eigenvalue weighted by Crippen LogP contribution is 2.44. The molecule has 0 spiro atoms. The largest absolute Gasteiger partial charge is 0.0576 e. The van der Waals surface area contributed by atoms with Crippen molar-refractivity contribution in [3.8, 4) is 0 Å². The molecule has 13 heavy (non-hydrogen) atoms. The van der Waals surface area contributed by atoms with E-state index in [2.05, 4.69) is 34.1 Å². The smallest absolute Gasteiger partial charge is 0.0178 e. The Hall–Kier alpha value is -0.300. The first-order valence-corrected chi connectivity index (χ1v) is 5.89. The summed E-state index contributed by atoms with van der Waals surface area (Å²) in [6.07, 6.45) is 5.65. The second-order valence-electron chi connectivity index (χ2n) is 4.42. The summed E-state index contributed by atoms with van der Waals surface area (Å²) in [4.78, 5) is 0. The van der Waals surface area contributed by atoms with Crippen molar-refractivity contribution in [3.63, 3.8) is 0 Å². The molecule has 1 aromatic carbocycles. The maximum Gasteiger partial charge on any atom is 0.0178 e. The Morgan fingerprint density at radius 2 is 1.77 bits per heavy atom. The molecular weight excluding hydrogens is 224 g/mol.